The quantitative estimate of drug-likeness (QED) is 0.538. The van der Waals surface area contributed by atoms with Gasteiger partial charge in [0.15, 0.2) is 0 Å². The minimum absolute atomic E-state index is 0.0299. The summed E-state index contributed by atoms with van der Waals surface area (Å²) >= 11 is 0. The van der Waals surface area contributed by atoms with Gasteiger partial charge >= 0.3 is 0 Å². The van der Waals surface area contributed by atoms with Crippen LogP contribution in [0.5, 0.6) is 0 Å². The van der Waals surface area contributed by atoms with Crippen molar-refractivity contribution in [3.63, 3.8) is 0 Å². The first-order valence-corrected chi connectivity index (χ1v) is 11.6. The lowest BCUT2D eigenvalue weighted by molar-refractivity contribution is -0.0949. The minimum atomic E-state index is -0.144. The Kier molecular flexibility index (Phi) is 3.91. The summed E-state index contributed by atoms with van der Waals surface area (Å²) in [5.41, 5.74) is 6.00. The van der Waals surface area contributed by atoms with E-state index in [2.05, 4.69) is 40.7 Å². The number of allylic oxidation sites excluding steroid dienone is 2. The Morgan fingerprint density at radius 1 is 0.929 bits per heavy atom. The molecule has 1 N–H and O–H groups in total. The second kappa shape index (κ2) is 5.78. The number of furan rings is 1. The Labute approximate surface area is 170 Å². The lowest BCUT2D eigenvalue weighted by Gasteiger charge is -2.62. The molecule has 0 radical (unpaired) electrons. The first kappa shape index (κ1) is 19.0. The molecule has 0 bridgehead atoms. The van der Waals surface area contributed by atoms with Gasteiger partial charge in [-0.3, -0.25) is 0 Å². The third kappa shape index (κ3) is 2.14. The van der Waals surface area contributed by atoms with Crippen molar-refractivity contribution < 1.29 is 9.52 Å². The number of hydrogen-bond donors (Lipinski definition) is 1. The summed E-state index contributed by atoms with van der Waals surface area (Å²) in [5.74, 6) is 1.24. The molecule has 4 aliphatic rings. The van der Waals surface area contributed by atoms with E-state index in [1.165, 1.54) is 50.5 Å². The molecule has 4 aliphatic carbocycles. The van der Waals surface area contributed by atoms with Gasteiger partial charge in [-0.15, -0.1) is 0 Å². The summed E-state index contributed by atoms with van der Waals surface area (Å²) in [7, 11) is 0. The number of hydrogen-bond acceptors (Lipinski definition) is 2. The molecule has 2 heteroatoms. The molecule has 1 heterocycles. The number of aliphatic hydroxyl groups excluding tert-OH is 1. The van der Waals surface area contributed by atoms with Gasteiger partial charge in [0, 0.05) is 0 Å². The highest BCUT2D eigenvalue weighted by Gasteiger charge is 2.63. The van der Waals surface area contributed by atoms with Gasteiger partial charge in [0.05, 0.1) is 18.6 Å². The molecule has 2 saturated carbocycles. The third-order valence-electron chi connectivity index (χ3n) is 10.7. The summed E-state index contributed by atoms with van der Waals surface area (Å²) in [6, 6.07) is 2.20. The molecule has 6 atom stereocenters. The highest BCUT2D eigenvalue weighted by atomic mass is 16.3. The van der Waals surface area contributed by atoms with Gasteiger partial charge in [0.25, 0.3) is 0 Å². The maximum Gasteiger partial charge on any atom is 0.0937 e. The van der Waals surface area contributed by atoms with Gasteiger partial charge in [-0.05, 0) is 96.5 Å². The Balaban J connectivity index is 1.59. The smallest absolute Gasteiger partial charge is 0.0937 e. The van der Waals surface area contributed by atoms with E-state index >= 15 is 0 Å². The molecule has 0 aliphatic heterocycles. The van der Waals surface area contributed by atoms with Crippen molar-refractivity contribution in [3.8, 4) is 0 Å². The summed E-state index contributed by atoms with van der Waals surface area (Å²) in [6.45, 7) is 12.4. The summed E-state index contributed by atoms with van der Waals surface area (Å²) in [5, 5.41) is 10.7. The molecule has 154 valence electrons. The van der Waals surface area contributed by atoms with Gasteiger partial charge in [-0.25, -0.2) is 0 Å². The fraction of sp³-hybridized carbons (Fsp3) is 0.769. The zero-order valence-corrected chi connectivity index (χ0v) is 18.5. The molecule has 2 fully saturated rings. The van der Waals surface area contributed by atoms with Crippen molar-refractivity contribution in [1.82, 2.24) is 0 Å². The summed E-state index contributed by atoms with van der Waals surface area (Å²) in [4.78, 5) is 0. The highest BCUT2D eigenvalue weighted by Crippen LogP contribution is 2.73. The Morgan fingerprint density at radius 3 is 2.43 bits per heavy atom. The van der Waals surface area contributed by atoms with E-state index in [-0.39, 0.29) is 16.9 Å². The lowest BCUT2D eigenvalue weighted by Crippen LogP contribution is -2.54. The standard InChI is InChI=1S/C26H38O2/c1-23(2)21-7-6-20-19(24(21,3)12-10-22(23)27)9-14-25(4)18(8-13-26(20,25)5)17-11-15-28-16-17/h11,15-16,18,21-22,27H,6-10,12-14H2,1-5H3/t18-,21-,22-,24+,25+,26-/m0/s1. The zero-order valence-electron chi connectivity index (χ0n) is 18.5. The van der Waals surface area contributed by atoms with Crippen molar-refractivity contribution in [1.29, 1.82) is 0 Å². The molecular weight excluding hydrogens is 344 g/mol. The van der Waals surface area contributed by atoms with E-state index < -0.39 is 0 Å². The topological polar surface area (TPSA) is 33.4 Å². The monoisotopic (exact) mass is 382 g/mol. The van der Waals surface area contributed by atoms with E-state index in [9.17, 15) is 5.11 Å². The van der Waals surface area contributed by atoms with Crippen molar-refractivity contribution in [2.75, 3.05) is 0 Å². The Bertz CT molecular complexity index is 802. The van der Waals surface area contributed by atoms with Crippen LogP contribution in [0.4, 0.5) is 0 Å². The normalized spacial score (nSPS) is 47.4. The number of aliphatic hydroxyl groups is 1. The SMILES string of the molecule is CC1(C)[C@@H](O)CC[C@]2(C)C3=C(CC[C@@H]12)[C@]1(C)CC[C@@H](c2ccoc2)[C@@]1(C)CC3. The highest BCUT2D eigenvalue weighted by molar-refractivity contribution is 5.40. The molecular formula is C26H38O2. The van der Waals surface area contributed by atoms with E-state index in [4.69, 9.17) is 4.42 Å². The largest absolute Gasteiger partial charge is 0.472 e. The van der Waals surface area contributed by atoms with Gasteiger partial charge in [-0.2, -0.15) is 0 Å². The maximum atomic E-state index is 10.7. The average Bonchev–Trinajstić information content (AvgIpc) is 3.25. The fourth-order valence-corrected chi connectivity index (χ4v) is 8.68. The number of fused-ring (bicyclic) bond motifs is 4. The van der Waals surface area contributed by atoms with E-state index in [1.807, 2.05) is 18.1 Å². The van der Waals surface area contributed by atoms with Gasteiger partial charge in [-0.1, -0.05) is 45.8 Å². The fourth-order valence-electron chi connectivity index (χ4n) is 8.68. The van der Waals surface area contributed by atoms with Crippen LogP contribution in [0.15, 0.2) is 34.2 Å². The van der Waals surface area contributed by atoms with E-state index in [0.29, 0.717) is 22.7 Å². The van der Waals surface area contributed by atoms with Crippen LogP contribution in [-0.2, 0) is 0 Å². The Morgan fingerprint density at radius 2 is 1.71 bits per heavy atom. The molecule has 0 aromatic carbocycles. The van der Waals surface area contributed by atoms with E-state index in [0.717, 1.165) is 6.42 Å². The third-order valence-corrected chi connectivity index (χ3v) is 10.7. The molecule has 0 saturated heterocycles. The van der Waals surface area contributed by atoms with Crippen LogP contribution >= 0.6 is 0 Å². The average molecular weight is 383 g/mol. The van der Waals surface area contributed by atoms with Crippen molar-refractivity contribution >= 4 is 0 Å². The summed E-state index contributed by atoms with van der Waals surface area (Å²) < 4.78 is 5.48. The van der Waals surface area contributed by atoms with Crippen molar-refractivity contribution in [2.24, 2.45) is 27.6 Å². The lowest BCUT2D eigenvalue weighted by atomic mass is 9.43. The predicted octanol–water partition coefficient (Wildman–Crippen LogP) is 6.86. The van der Waals surface area contributed by atoms with Crippen LogP contribution in [0.3, 0.4) is 0 Å². The van der Waals surface area contributed by atoms with Crippen LogP contribution in [-0.4, -0.2) is 11.2 Å². The zero-order chi connectivity index (χ0) is 19.9. The number of rotatable bonds is 1. The van der Waals surface area contributed by atoms with Crippen molar-refractivity contribution in [3.05, 3.63) is 35.3 Å². The van der Waals surface area contributed by atoms with Crippen LogP contribution in [0, 0.1) is 27.6 Å². The van der Waals surface area contributed by atoms with Crippen LogP contribution in [0.1, 0.15) is 97.5 Å². The first-order valence-electron chi connectivity index (χ1n) is 11.6. The minimum Gasteiger partial charge on any atom is -0.472 e. The van der Waals surface area contributed by atoms with Gasteiger partial charge in [0.2, 0.25) is 0 Å². The van der Waals surface area contributed by atoms with Crippen LogP contribution < -0.4 is 0 Å². The second-order valence-corrected chi connectivity index (χ2v) is 11.7. The van der Waals surface area contributed by atoms with Gasteiger partial charge in [0.1, 0.15) is 0 Å². The van der Waals surface area contributed by atoms with Gasteiger partial charge < -0.3 is 9.52 Å². The van der Waals surface area contributed by atoms with Crippen molar-refractivity contribution in [2.45, 2.75) is 98.0 Å². The first-order chi connectivity index (χ1) is 13.1. The summed E-state index contributed by atoms with van der Waals surface area (Å²) in [6.07, 6.45) is 13.5. The molecule has 28 heavy (non-hydrogen) atoms. The molecule has 1 aromatic heterocycles. The van der Waals surface area contributed by atoms with Crippen LogP contribution in [0.2, 0.25) is 0 Å². The molecule has 1 aromatic rings. The predicted molar refractivity (Wildman–Crippen MR) is 113 cm³/mol. The molecule has 0 spiro atoms. The molecule has 0 amide bonds. The van der Waals surface area contributed by atoms with E-state index in [1.54, 1.807) is 5.57 Å². The molecule has 2 nitrogen and oxygen atoms in total. The molecule has 0 unspecified atom stereocenters. The van der Waals surface area contributed by atoms with Crippen LogP contribution in [0.25, 0.3) is 0 Å². The Hall–Kier alpha value is -1.02. The maximum absolute atomic E-state index is 10.7. The second-order valence-electron chi connectivity index (χ2n) is 11.7. The molecule has 5 rings (SSSR count).